The molecule has 0 unspecified atom stereocenters. The average Bonchev–Trinajstić information content (AvgIpc) is 2.96. The van der Waals surface area contributed by atoms with E-state index in [9.17, 15) is 4.79 Å². The summed E-state index contributed by atoms with van der Waals surface area (Å²) in [7, 11) is 2.00. The third kappa shape index (κ3) is 5.00. The highest BCUT2D eigenvalue weighted by atomic mass is 16.2. The zero-order valence-electron chi connectivity index (χ0n) is 17.6. The van der Waals surface area contributed by atoms with Gasteiger partial charge in [-0.05, 0) is 84.8 Å². The molecule has 1 amide bonds. The molecule has 0 spiro atoms. The molecule has 0 atom stereocenters. The standard InChI is InChI=1S/C22H33N5O/c1-16-5-7-20(8-6-16)27-18(3)22(17(2)25-27)24-21(28)15-26-13-10-19(11-14-26)9-12-23-4/h5-8,19,23H,9-15H2,1-4H3,(H,24,28). The molecule has 0 saturated carbocycles. The van der Waals surface area contributed by atoms with Gasteiger partial charge in [-0.1, -0.05) is 17.7 Å². The molecule has 1 aliphatic heterocycles. The molecule has 0 bridgehead atoms. The average molecular weight is 384 g/mol. The smallest absolute Gasteiger partial charge is 0.238 e. The van der Waals surface area contributed by atoms with Gasteiger partial charge in [-0.25, -0.2) is 4.68 Å². The van der Waals surface area contributed by atoms with E-state index < -0.39 is 0 Å². The van der Waals surface area contributed by atoms with Gasteiger partial charge in [-0.2, -0.15) is 5.10 Å². The van der Waals surface area contributed by atoms with E-state index in [2.05, 4.69) is 51.8 Å². The van der Waals surface area contributed by atoms with Gasteiger partial charge in [0.1, 0.15) is 0 Å². The molecule has 0 aliphatic carbocycles. The molecular weight excluding hydrogens is 350 g/mol. The monoisotopic (exact) mass is 383 g/mol. The van der Waals surface area contributed by atoms with E-state index in [1.807, 2.05) is 25.6 Å². The van der Waals surface area contributed by atoms with Gasteiger partial charge in [-0.15, -0.1) is 0 Å². The molecule has 3 rings (SSSR count). The number of nitrogens with zero attached hydrogens (tertiary/aromatic N) is 3. The molecule has 2 aromatic rings. The van der Waals surface area contributed by atoms with Crippen LogP contribution in [0.5, 0.6) is 0 Å². The van der Waals surface area contributed by atoms with Crippen molar-refractivity contribution in [1.82, 2.24) is 20.0 Å². The molecule has 28 heavy (non-hydrogen) atoms. The van der Waals surface area contributed by atoms with E-state index in [4.69, 9.17) is 0 Å². The van der Waals surface area contributed by atoms with Gasteiger partial charge < -0.3 is 10.6 Å². The predicted octanol–water partition coefficient (Wildman–Crippen LogP) is 3.06. The van der Waals surface area contributed by atoms with Crippen LogP contribution in [-0.2, 0) is 4.79 Å². The van der Waals surface area contributed by atoms with Crippen LogP contribution in [0.2, 0.25) is 0 Å². The van der Waals surface area contributed by atoms with Gasteiger partial charge in [0.05, 0.1) is 29.3 Å². The van der Waals surface area contributed by atoms with E-state index in [1.165, 1.54) is 24.8 Å². The second-order valence-corrected chi connectivity index (χ2v) is 7.95. The van der Waals surface area contributed by atoms with Gasteiger partial charge >= 0.3 is 0 Å². The number of likely N-dealkylation sites (tertiary alicyclic amines) is 1. The van der Waals surface area contributed by atoms with Crippen molar-refractivity contribution < 1.29 is 4.79 Å². The van der Waals surface area contributed by atoms with Crippen LogP contribution in [0.15, 0.2) is 24.3 Å². The fourth-order valence-corrected chi connectivity index (χ4v) is 3.92. The topological polar surface area (TPSA) is 62.2 Å². The molecule has 1 aromatic carbocycles. The molecule has 152 valence electrons. The Morgan fingerprint density at radius 2 is 1.82 bits per heavy atom. The van der Waals surface area contributed by atoms with Crippen LogP contribution in [0.25, 0.3) is 5.69 Å². The highest BCUT2D eigenvalue weighted by Gasteiger charge is 2.22. The first-order valence-corrected chi connectivity index (χ1v) is 10.3. The number of piperidine rings is 1. The number of anilines is 1. The van der Waals surface area contributed by atoms with Crippen molar-refractivity contribution in [2.24, 2.45) is 5.92 Å². The molecule has 0 radical (unpaired) electrons. The summed E-state index contributed by atoms with van der Waals surface area (Å²) in [6, 6.07) is 8.26. The van der Waals surface area contributed by atoms with Crippen molar-refractivity contribution in [2.45, 2.75) is 40.0 Å². The first-order valence-electron chi connectivity index (χ1n) is 10.3. The number of carbonyl (C=O) groups excluding carboxylic acids is 1. The van der Waals surface area contributed by atoms with Gasteiger partial charge in [-0.3, -0.25) is 9.69 Å². The van der Waals surface area contributed by atoms with Gasteiger partial charge in [0.25, 0.3) is 0 Å². The van der Waals surface area contributed by atoms with Crippen LogP contribution in [0.4, 0.5) is 5.69 Å². The third-order valence-electron chi connectivity index (χ3n) is 5.71. The summed E-state index contributed by atoms with van der Waals surface area (Å²) in [5.41, 5.74) is 4.86. The van der Waals surface area contributed by atoms with Gasteiger partial charge in [0.15, 0.2) is 0 Å². The highest BCUT2D eigenvalue weighted by molar-refractivity contribution is 5.93. The Bertz CT molecular complexity index is 788. The number of rotatable bonds is 7. The minimum absolute atomic E-state index is 0.0448. The van der Waals surface area contributed by atoms with Crippen LogP contribution in [-0.4, -0.2) is 53.8 Å². The lowest BCUT2D eigenvalue weighted by molar-refractivity contribution is -0.117. The molecule has 2 N–H and O–H groups in total. The molecule has 1 saturated heterocycles. The number of benzene rings is 1. The van der Waals surface area contributed by atoms with Crippen LogP contribution in [0, 0.1) is 26.7 Å². The molecular formula is C22H33N5O. The van der Waals surface area contributed by atoms with E-state index in [0.29, 0.717) is 6.54 Å². The van der Waals surface area contributed by atoms with Crippen molar-refractivity contribution in [2.75, 3.05) is 38.5 Å². The lowest BCUT2D eigenvalue weighted by Gasteiger charge is -2.31. The van der Waals surface area contributed by atoms with Crippen LogP contribution < -0.4 is 10.6 Å². The largest absolute Gasteiger partial charge is 0.322 e. The number of aromatic nitrogens is 2. The highest BCUT2D eigenvalue weighted by Crippen LogP contribution is 2.24. The molecule has 6 heteroatoms. The van der Waals surface area contributed by atoms with Crippen molar-refractivity contribution in [1.29, 1.82) is 0 Å². The maximum absolute atomic E-state index is 12.6. The molecule has 1 aromatic heterocycles. The Morgan fingerprint density at radius 3 is 2.46 bits per heavy atom. The molecule has 1 aliphatic rings. The van der Waals surface area contributed by atoms with Gasteiger partial charge in [0, 0.05) is 0 Å². The number of hydrogen-bond donors (Lipinski definition) is 2. The Hall–Kier alpha value is -2.18. The summed E-state index contributed by atoms with van der Waals surface area (Å²) in [4.78, 5) is 14.9. The fraction of sp³-hybridized carbons (Fsp3) is 0.545. The van der Waals surface area contributed by atoms with Crippen molar-refractivity contribution in [3.8, 4) is 5.69 Å². The van der Waals surface area contributed by atoms with Crippen LogP contribution >= 0.6 is 0 Å². The minimum Gasteiger partial charge on any atom is -0.322 e. The van der Waals surface area contributed by atoms with E-state index in [-0.39, 0.29) is 5.91 Å². The number of nitrogens with one attached hydrogen (secondary N) is 2. The Balaban J connectivity index is 1.58. The third-order valence-corrected chi connectivity index (χ3v) is 5.71. The number of amides is 1. The summed E-state index contributed by atoms with van der Waals surface area (Å²) in [6.45, 7) is 9.55. The summed E-state index contributed by atoms with van der Waals surface area (Å²) in [5, 5.41) is 11.0. The lowest BCUT2D eigenvalue weighted by atomic mass is 9.93. The second kappa shape index (κ2) is 9.34. The van der Waals surface area contributed by atoms with Crippen LogP contribution in [0.3, 0.4) is 0 Å². The summed E-state index contributed by atoms with van der Waals surface area (Å²) < 4.78 is 1.90. The second-order valence-electron chi connectivity index (χ2n) is 7.95. The van der Waals surface area contributed by atoms with Gasteiger partial charge in [0.2, 0.25) is 5.91 Å². The summed E-state index contributed by atoms with van der Waals surface area (Å²) in [6.07, 6.45) is 3.59. The SMILES string of the molecule is CNCCC1CCN(CC(=O)Nc2c(C)nn(-c3ccc(C)cc3)c2C)CC1. The quantitative estimate of drug-likeness (QED) is 0.771. The first kappa shape index (κ1) is 20.6. The molecule has 1 fully saturated rings. The van der Waals surface area contributed by atoms with E-state index in [0.717, 1.165) is 48.3 Å². The summed E-state index contributed by atoms with van der Waals surface area (Å²) >= 11 is 0. The lowest BCUT2D eigenvalue weighted by Crippen LogP contribution is -2.39. The minimum atomic E-state index is 0.0448. The molecule has 6 nitrogen and oxygen atoms in total. The summed E-state index contributed by atoms with van der Waals surface area (Å²) in [5.74, 6) is 0.826. The van der Waals surface area contributed by atoms with E-state index in [1.54, 1.807) is 0 Å². The molecule has 2 heterocycles. The zero-order chi connectivity index (χ0) is 20.1. The first-order chi connectivity index (χ1) is 13.5. The van der Waals surface area contributed by atoms with Crippen LogP contribution in [0.1, 0.15) is 36.2 Å². The Morgan fingerprint density at radius 1 is 1.14 bits per heavy atom. The Kier molecular flexibility index (Phi) is 6.86. The normalized spacial score (nSPS) is 15.7. The Labute approximate surface area is 168 Å². The van der Waals surface area contributed by atoms with Crippen molar-refractivity contribution in [3.05, 3.63) is 41.2 Å². The van der Waals surface area contributed by atoms with Crippen molar-refractivity contribution in [3.63, 3.8) is 0 Å². The zero-order valence-corrected chi connectivity index (χ0v) is 17.6. The maximum atomic E-state index is 12.6. The van der Waals surface area contributed by atoms with Crippen molar-refractivity contribution >= 4 is 11.6 Å². The fourth-order valence-electron chi connectivity index (χ4n) is 3.92. The number of carbonyl (C=O) groups is 1. The maximum Gasteiger partial charge on any atom is 0.238 e. The predicted molar refractivity (Wildman–Crippen MR) is 114 cm³/mol. The van der Waals surface area contributed by atoms with E-state index >= 15 is 0 Å². The number of aryl methyl sites for hydroxylation is 2. The number of hydrogen-bond acceptors (Lipinski definition) is 4.